The van der Waals surface area contributed by atoms with Gasteiger partial charge < -0.3 is 15.1 Å². The number of aliphatic imine (C=N–C) groups is 1. The van der Waals surface area contributed by atoms with E-state index in [0.29, 0.717) is 0 Å². The van der Waals surface area contributed by atoms with Crippen LogP contribution in [0.4, 0.5) is 5.13 Å². The van der Waals surface area contributed by atoms with Crippen LogP contribution in [0.2, 0.25) is 0 Å². The number of aryl methyl sites for hydroxylation is 1. The van der Waals surface area contributed by atoms with Crippen molar-refractivity contribution in [2.75, 3.05) is 51.2 Å². The number of guanidine groups is 1. The number of hydrogen-bond donors (Lipinski definition) is 1. The summed E-state index contributed by atoms with van der Waals surface area (Å²) < 4.78 is 4.42. The van der Waals surface area contributed by atoms with Gasteiger partial charge in [0.25, 0.3) is 0 Å². The quantitative estimate of drug-likeness (QED) is 0.514. The van der Waals surface area contributed by atoms with Gasteiger partial charge in [-0.05, 0) is 24.2 Å². The molecule has 1 aliphatic rings. The molecule has 8 heteroatoms. The highest BCUT2D eigenvalue weighted by Gasteiger charge is 2.22. The van der Waals surface area contributed by atoms with Crippen LogP contribution in [0.15, 0.2) is 29.3 Å². The van der Waals surface area contributed by atoms with Gasteiger partial charge in [-0.2, -0.15) is 4.37 Å². The zero-order chi connectivity index (χ0) is 21.3. The fourth-order valence-electron chi connectivity index (χ4n) is 3.68. The zero-order valence-corrected chi connectivity index (χ0v) is 19.6. The molecule has 0 unspecified atom stereocenters. The summed E-state index contributed by atoms with van der Waals surface area (Å²) in [5, 5.41) is 4.59. The summed E-state index contributed by atoms with van der Waals surface area (Å²) in [5.41, 5.74) is 2.66. The first-order valence-corrected chi connectivity index (χ1v) is 11.8. The van der Waals surface area contributed by atoms with E-state index in [2.05, 4.69) is 79.4 Å². The van der Waals surface area contributed by atoms with Gasteiger partial charge in [0.15, 0.2) is 5.96 Å². The van der Waals surface area contributed by atoms with E-state index < -0.39 is 0 Å². The lowest BCUT2D eigenvalue weighted by Gasteiger charge is -2.36. The molecule has 0 atom stereocenters. The van der Waals surface area contributed by atoms with Crippen LogP contribution >= 0.6 is 11.5 Å². The molecule has 1 fully saturated rings. The number of nitrogens with zero attached hydrogens (tertiary/aromatic N) is 6. The van der Waals surface area contributed by atoms with Crippen LogP contribution in [-0.2, 0) is 19.5 Å². The Bertz CT molecular complexity index is 807. The molecular weight excluding hydrogens is 394 g/mol. The predicted molar refractivity (Wildman–Crippen MR) is 126 cm³/mol. The zero-order valence-electron chi connectivity index (χ0n) is 18.8. The lowest BCUT2D eigenvalue weighted by Crippen LogP contribution is -2.52. The smallest absolute Gasteiger partial charge is 0.205 e. The minimum absolute atomic E-state index is 0.787. The van der Waals surface area contributed by atoms with Crippen LogP contribution in [0.1, 0.15) is 37.7 Å². The number of rotatable bonds is 8. The molecule has 1 aromatic carbocycles. The van der Waals surface area contributed by atoms with Gasteiger partial charge in [0.05, 0.1) is 0 Å². The number of nitrogens with one attached hydrogen (secondary N) is 1. The van der Waals surface area contributed by atoms with Crippen molar-refractivity contribution in [1.29, 1.82) is 0 Å². The SMILES string of the molecule is CCc1nsc(N2CCN(C(=NC)NCc3cccc(CN(CC)CC)c3)CC2)n1. The molecule has 1 N–H and O–H groups in total. The van der Waals surface area contributed by atoms with E-state index in [-0.39, 0.29) is 0 Å². The van der Waals surface area contributed by atoms with Crippen molar-refractivity contribution in [3.05, 3.63) is 41.2 Å². The standard InChI is InChI=1S/C22H35N7S/c1-5-20-25-22(30-26-20)29-13-11-28(12-14-29)21(23-4)24-16-18-9-8-10-19(15-18)17-27(6-2)7-3/h8-10,15H,5-7,11-14,16-17H2,1-4H3,(H,23,24). The number of benzene rings is 1. The molecular formula is C22H35N7S. The van der Waals surface area contributed by atoms with Gasteiger partial charge in [0.2, 0.25) is 5.13 Å². The van der Waals surface area contributed by atoms with Gasteiger partial charge in [-0.1, -0.05) is 45.0 Å². The maximum absolute atomic E-state index is 4.62. The molecule has 7 nitrogen and oxygen atoms in total. The molecule has 0 radical (unpaired) electrons. The first-order chi connectivity index (χ1) is 14.7. The topological polar surface area (TPSA) is 59.9 Å². The van der Waals surface area contributed by atoms with Crippen molar-refractivity contribution >= 4 is 22.6 Å². The van der Waals surface area contributed by atoms with Gasteiger partial charge in [-0.15, -0.1) is 0 Å². The summed E-state index contributed by atoms with van der Waals surface area (Å²) in [6.45, 7) is 14.2. The Hall–Kier alpha value is -2.19. The molecule has 1 aromatic heterocycles. The van der Waals surface area contributed by atoms with Crippen molar-refractivity contribution in [2.24, 2.45) is 4.99 Å². The van der Waals surface area contributed by atoms with Gasteiger partial charge in [-0.25, -0.2) is 4.98 Å². The second-order valence-electron chi connectivity index (χ2n) is 7.50. The van der Waals surface area contributed by atoms with Crippen molar-refractivity contribution in [2.45, 2.75) is 40.3 Å². The van der Waals surface area contributed by atoms with Crippen LogP contribution in [0.3, 0.4) is 0 Å². The van der Waals surface area contributed by atoms with Crippen LogP contribution in [0.5, 0.6) is 0 Å². The number of anilines is 1. The third kappa shape index (κ3) is 5.92. The summed E-state index contributed by atoms with van der Waals surface area (Å²) in [6.07, 6.45) is 0.892. The summed E-state index contributed by atoms with van der Waals surface area (Å²) in [7, 11) is 1.86. The van der Waals surface area contributed by atoms with E-state index in [4.69, 9.17) is 0 Å². The van der Waals surface area contributed by atoms with E-state index in [1.54, 1.807) is 0 Å². The molecule has 1 saturated heterocycles. The molecule has 0 aliphatic carbocycles. The Morgan fingerprint density at radius 3 is 2.50 bits per heavy atom. The lowest BCUT2D eigenvalue weighted by molar-refractivity contribution is 0.296. The van der Waals surface area contributed by atoms with Crippen molar-refractivity contribution in [3.8, 4) is 0 Å². The van der Waals surface area contributed by atoms with Crippen molar-refractivity contribution < 1.29 is 0 Å². The monoisotopic (exact) mass is 429 g/mol. The molecule has 164 valence electrons. The molecule has 1 aliphatic heterocycles. The fourth-order valence-corrected chi connectivity index (χ4v) is 4.48. The average molecular weight is 430 g/mol. The summed E-state index contributed by atoms with van der Waals surface area (Å²) in [6, 6.07) is 8.86. The second-order valence-corrected chi connectivity index (χ2v) is 8.23. The van der Waals surface area contributed by atoms with Crippen LogP contribution in [0, 0.1) is 0 Å². The number of aromatic nitrogens is 2. The highest BCUT2D eigenvalue weighted by atomic mass is 32.1. The molecule has 0 bridgehead atoms. The van der Waals surface area contributed by atoms with Gasteiger partial charge >= 0.3 is 0 Å². The first kappa shape index (κ1) is 22.5. The van der Waals surface area contributed by atoms with E-state index in [1.807, 2.05) is 7.05 Å². The molecule has 3 rings (SSSR count). The van der Waals surface area contributed by atoms with E-state index in [9.17, 15) is 0 Å². The molecule has 2 heterocycles. The molecule has 0 amide bonds. The Morgan fingerprint density at radius 2 is 1.87 bits per heavy atom. The predicted octanol–water partition coefficient (Wildman–Crippen LogP) is 2.84. The Kier molecular flexibility index (Phi) is 8.45. The van der Waals surface area contributed by atoms with E-state index in [0.717, 1.165) is 75.7 Å². The van der Waals surface area contributed by atoms with Gasteiger partial charge in [0.1, 0.15) is 5.82 Å². The fraction of sp³-hybridized carbons (Fsp3) is 0.591. The number of hydrogen-bond acceptors (Lipinski definition) is 6. The van der Waals surface area contributed by atoms with Crippen LogP contribution in [0.25, 0.3) is 0 Å². The first-order valence-electron chi connectivity index (χ1n) is 11.0. The van der Waals surface area contributed by atoms with E-state index in [1.165, 1.54) is 22.7 Å². The minimum atomic E-state index is 0.787. The Balaban J connectivity index is 1.52. The minimum Gasteiger partial charge on any atom is -0.352 e. The highest BCUT2D eigenvalue weighted by Crippen LogP contribution is 2.19. The Labute approximate surface area is 185 Å². The van der Waals surface area contributed by atoms with Gasteiger partial charge in [0, 0.05) is 64.3 Å². The molecule has 2 aromatic rings. The van der Waals surface area contributed by atoms with Crippen molar-refractivity contribution in [1.82, 2.24) is 24.5 Å². The third-order valence-corrected chi connectivity index (χ3v) is 6.39. The maximum atomic E-state index is 4.62. The Morgan fingerprint density at radius 1 is 1.13 bits per heavy atom. The highest BCUT2D eigenvalue weighted by molar-refractivity contribution is 7.09. The van der Waals surface area contributed by atoms with Crippen LogP contribution in [-0.4, -0.2) is 71.4 Å². The summed E-state index contributed by atoms with van der Waals surface area (Å²) in [5.74, 6) is 1.91. The molecule has 0 spiro atoms. The normalized spacial score (nSPS) is 15.2. The largest absolute Gasteiger partial charge is 0.352 e. The van der Waals surface area contributed by atoms with E-state index >= 15 is 0 Å². The average Bonchev–Trinajstić information content (AvgIpc) is 3.28. The molecule has 30 heavy (non-hydrogen) atoms. The summed E-state index contributed by atoms with van der Waals surface area (Å²) in [4.78, 5) is 16.2. The van der Waals surface area contributed by atoms with Crippen molar-refractivity contribution in [3.63, 3.8) is 0 Å². The third-order valence-electron chi connectivity index (χ3n) is 5.58. The maximum Gasteiger partial charge on any atom is 0.205 e. The second kappa shape index (κ2) is 11.3. The number of piperazine rings is 1. The van der Waals surface area contributed by atoms with Gasteiger partial charge in [-0.3, -0.25) is 9.89 Å². The lowest BCUT2D eigenvalue weighted by atomic mass is 10.1. The summed E-state index contributed by atoms with van der Waals surface area (Å²) >= 11 is 1.51. The molecule has 0 saturated carbocycles. The van der Waals surface area contributed by atoms with Crippen LogP contribution < -0.4 is 10.2 Å².